The average molecular weight is 389 g/mol. The van der Waals surface area contributed by atoms with E-state index < -0.39 is 11.9 Å². The lowest BCUT2D eigenvalue weighted by Gasteiger charge is -2.10. The number of amides is 2. The summed E-state index contributed by atoms with van der Waals surface area (Å²) in [7, 11) is 0. The zero-order valence-electron chi connectivity index (χ0n) is 15.2. The summed E-state index contributed by atoms with van der Waals surface area (Å²) < 4.78 is 4.93. The molecule has 0 aliphatic rings. The maximum absolute atomic E-state index is 11.9. The van der Waals surface area contributed by atoms with Gasteiger partial charge in [0, 0.05) is 22.8 Å². The highest BCUT2D eigenvalue weighted by Gasteiger charge is 2.10. The van der Waals surface area contributed by atoms with E-state index in [2.05, 4.69) is 10.6 Å². The number of carbonyl (C=O) groups excluding carboxylic acids is 3. The molecule has 0 unspecified atom stereocenters. The quantitative estimate of drug-likeness (QED) is 0.713. The van der Waals surface area contributed by atoms with Gasteiger partial charge in [-0.25, -0.2) is 0 Å². The zero-order valence-corrected chi connectivity index (χ0v) is 15.9. The molecule has 142 valence electrons. The fraction of sp³-hybridized carbons (Fsp3) is 0.250. The molecule has 0 aliphatic carbocycles. The van der Waals surface area contributed by atoms with E-state index in [0.29, 0.717) is 16.3 Å². The molecular formula is C20H21ClN2O4. The molecule has 2 rings (SSSR count). The number of ether oxygens (including phenoxy) is 1. The Morgan fingerprint density at radius 3 is 2.44 bits per heavy atom. The molecule has 0 heterocycles. The predicted octanol–water partition coefficient (Wildman–Crippen LogP) is 3.26. The molecule has 6 nitrogen and oxygen atoms in total. The van der Waals surface area contributed by atoms with Crippen LogP contribution in [0.25, 0.3) is 0 Å². The predicted molar refractivity (Wildman–Crippen MR) is 104 cm³/mol. The number of aryl methyl sites for hydroxylation is 2. The van der Waals surface area contributed by atoms with Crippen LogP contribution in [0.1, 0.15) is 27.9 Å². The first kappa shape index (κ1) is 20.5. The minimum absolute atomic E-state index is 0.0317. The van der Waals surface area contributed by atoms with Gasteiger partial charge in [0.25, 0.3) is 11.8 Å². The maximum atomic E-state index is 11.9. The van der Waals surface area contributed by atoms with Crippen LogP contribution >= 0.6 is 11.6 Å². The number of carbonyl (C=O) groups is 3. The molecule has 0 fully saturated rings. The largest absolute Gasteiger partial charge is 0.456 e. The first-order valence-electron chi connectivity index (χ1n) is 8.41. The van der Waals surface area contributed by atoms with Crippen LogP contribution in [-0.2, 0) is 14.3 Å². The smallest absolute Gasteiger partial charge is 0.308 e. The van der Waals surface area contributed by atoms with Gasteiger partial charge in [-0.2, -0.15) is 0 Å². The molecule has 0 saturated heterocycles. The van der Waals surface area contributed by atoms with E-state index >= 15 is 0 Å². The van der Waals surface area contributed by atoms with Crippen LogP contribution in [0.5, 0.6) is 0 Å². The van der Waals surface area contributed by atoms with E-state index in [4.69, 9.17) is 16.3 Å². The fourth-order valence-electron chi connectivity index (χ4n) is 2.26. The van der Waals surface area contributed by atoms with Crippen molar-refractivity contribution < 1.29 is 19.1 Å². The number of rotatable bonds is 7. The van der Waals surface area contributed by atoms with Crippen molar-refractivity contribution in [1.29, 1.82) is 0 Å². The Bertz CT molecular complexity index is 834. The maximum Gasteiger partial charge on any atom is 0.308 e. The highest BCUT2D eigenvalue weighted by molar-refractivity contribution is 6.30. The van der Waals surface area contributed by atoms with Crippen molar-refractivity contribution in [3.05, 3.63) is 64.2 Å². The van der Waals surface area contributed by atoms with Crippen molar-refractivity contribution in [1.82, 2.24) is 5.32 Å². The number of esters is 1. The van der Waals surface area contributed by atoms with Gasteiger partial charge in [0.15, 0.2) is 6.61 Å². The number of halogens is 1. The standard InChI is InChI=1S/C20H21ClN2O4/c1-13-3-4-14(2)17(11-13)23-18(24)12-27-19(25)9-10-22-20(26)15-5-7-16(21)8-6-15/h3-8,11H,9-10,12H2,1-2H3,(H,22,26)(H,23,24). The number of hydrogen-bond donors (Lipinski definition) is 2. The number of hydrogen-bond acceptors (Lipinski definition) is 4. The third-order valence-corrected chi connectivity index (χ3v) is 4.00. The average Bonchev–Trinajstić information content (AvgIpc) is 2.63. The molecule has 0 bridgehead atoms. The second kappa shape index (κ2) is 9.73. The summed E-state index contributed by atoms with van der Waals surface area (Å²) in [5.74, 6) is -1.29. The van der Waals surface area contributed by atoms with Crippen molar-refractivity contribution >= 4 is 35.1 Å². The van der Waals surface area contributed by atoms with E-state index in [-0.39, 0.29) is 25.5 Å². The van der Waals surface area contributed by atoms with E-state index in [1.807, 2.05) is 32.0 Å². The van der Waals surface area contributed by atoms with Crippen LogP contribution in [0.4, 0.5) is 5.69 Å². The first-order valence-corrected chi connectivity index (χ1v) is 8.79. The van der Waals surface area contributed by atoms with Gasteiger partial charge >= 0.3 is 5.97 Å². The third kappa shape index (κ3) is 6.75. The molecule has 0 saturated carbocycles. The molecule has 7 heteroatoms. The van der Waals surface area contributed by atoms with Crippen LogP contribution in [0.2, 0.25) is 5.02 Å². The van der Waals surface area contributed by atoms with E-state index in [0.717, 1.165) is 11.1 Å². The highest BCUT2D eigenvalue weighted by Crippen LogP contribution is 2.16. The minimum Gasteiger partial charge on any atom is -0.456 e. The minimum atomic E-state index is -0.567. The van der Waals surface area contributed by atoms with Gasteiger partial charge < -0.3 is 15.4 Å². The molecule has 2 N–H and O–H groups in total. The zero-order chi connectivity index (χ0) is 19.8. The second-order valence-electron chi connectivity index (χ2n) is 6.04. The molecule has 0 radical (unpaired) electrons. The Balaban J connectivity index is 1.69. The fourth-order valence-corrected chi connectivity index (χ4v) is 2.38. The number of benzene rings is 2. The lowest BCUT2D eigenvalue weighted by atomic mass is 10.1. The first-order chi connectivity index (χ1) is 12.8. The highest BCUT2D eigenvalue weighted by atomic mass is 35.5. The molecule has 27 heavy (non-hydrogen) atoms. The molecule has 2 amide bonds. The summed E-state index contributed by atoms with van der Waals surface area (Å²) in [6, 6.07) is 12.1. The Kier molecular flexibility index (Phi) is 7.37. The van der Waals surface area contributed by atoms with E-state index in [9.17, 15) is 14.4 Å². The van der Waals surface area contributed by atoms with Crippen LogP contribution in [0, 0.1) is 13.8 Å². The van der Waals surface area contributed by atoms with Crippen molar-refractivity contribution in [2.75, 3.05) is 18.5 Å². The van der Waals surface area contributed by atoms with Crippen molar-refractivity contribution in [3.63, 3.8) is 0 Å². The van der Waals surface area contributed by atoms with E-state index in [1.54, 1.807) is 24.3 Å². The van der Waals surface area contributed by atoms with Crippen molar-refractivity contribution in [3.8, 4) is 0 Å². The van der Waals surface area contributed by atoms with Gasteiger partial charge in [-0.15, -0.1) is 0 Å². The molecule has 0 spiro atoms. The second-order valence-corrected chi connectivity index (χ2v) is 6.48. The summed E-state index contributed by atoms with van der Waals surface area (Å²) >= 11 is 5.76. The molecule has 2 aromatic rings. The Morgan fingerprint density at radius 1 is 1.04 bits per heavy atom. The van der Waals surface area contributed by atoms with Gasteiger partial charge in [-0.3, -0.25) is 14.4 Å². The summed E-state index contributed by atoms with van der Waals surface area (Å²) in [4.78, 5) is 35.5. The normalized spacial score (nSPS) is 10.2. The molecule has 0 aromatic heterocycles. The van der Waals surface area contributed by atoms with Gasteiger partial charge in [-0.1, -0.05) is 23.7 Å². The van der Waals surface area contributed by atoms with E-state index in [1.165, 1.54) is 0 Å². The van der Waals surface area contributed by atoms with Gasteiger partial charge in [0.2, 0.25) is 0 Å². The van der Waals surface area contributed by atoms with Crippen molar-refractivity contribution in [2.24, 2.45) is 0 Å². The molecule has 0 aliphatic heterocycles. The van der Waals surface area contributed by atoms with Gasteiger partial charge in [0.1, 0.15) is 0 Å². The monoisotopic (exact) mass is 388 g/mol. The summed E-state index contributed by atoms with van der Waals surface area (Å²) in [6.07, 6.45) is -0.0317. The lowest BCUT2D eigenvalue weighted by Crippen LogP contribution is -2.27. The molecular weight excluding hydrogens is 368 g/mol. The van der Waals surface area contributed by atoms with Gasteiger partial charge in [0.05, 0.1) is 6.42 Å². The Hall–Kier alpha value is -2.86. The van der Waals surface area contributed by atoms with Crippen LogP contribution < -0.4 is 10.6 Å². The third-order valence-electron chi connectivity index (χ3n) is 3.75. The van der Waals surface area contributed by atoms with Crippen LogP contribution in [0.3, 0.4) is 0 Å². The Labute approximate surface area is 162 Å². The summed E-state index contributed by atoms with van der Waals surface area (Å²) in [5, 5.41) is 5.85. The summed E-state index contributed by atoms with van der Waals surface area (Å²) in [6.45, 7) is 3.54. The van der Waals surface area contributed by atoms with Crippen molar-refractivity contribution in [2.45, 2.75) is 20.3 Å². The topological polar surface area (TPSA) is 84.5 Å². The molecule has 0 atom stereocenters. The molecule has 2 aromatic carbocycles. The lowest BCUT2D eigenvalue weighted by molar-refractivity contribution is -0.147. The number of nitrogens with one attached hydrogen (secondary N) is 2. The van der Waals surface area contributed by atoms with Crippen LogP contribution in [0.15, 0.2) is 42.5 Å². The SMILES string of the molecule is Cc1ccc(C)c(NC(=O)COC(=O)CCNC(=O)c2ccc(Cl)cc2)c1. The number of anilines is 1. The van der Waals surface area contributed by atoms with Gasteiger partial charge in [-0.05, 0) is 55.3 Å². The van der Waals surface area contributed by atoms with Crippen LogP contribution in [-0.4, -0.2) is 30.9 Å². The Morgan fingerprint density at radius 2 is 1.74 bits per heavy atom. The summed E-state index contributed by atoms with van der Waals surface area (Å²) in [5.41, 5.74) is 3.07.